The molecule has 1 aromatic carbocycles. The van der Waals surface area contributed by atoms with Crippen LogP contribution in [-0.4, -0.2) is 17.5 Å². The molecule has 0 aliphatic rings. The molecule has 0 amide bonds. The SMILES string of the molecule is CC(C)C(N)CNc1cc(F)c(I)cc1[N+](=O)[O-]. The number of nitrogens with zero attached hydrogens (tertiary/aromatic N) is 1. The van der Waals surface area contributed by atoms with E-state index in [4.69, 9.17) is 5.73 Å². The number of benzene rings is 1. The minimum Gasteiger partial charge on any atom is -0.378 e. The van der Waals surface area contributed by atoms with Crippen molar-refractivity contribution in [2.45, 2.75) is 19.9 Å². The summed E-state index contributed by atoms with van der Waals surface area (Å²) in [7, 11) is 0. The molecule has 0 saturated heterocycles. The number of nitro groups is 1. The Morgan fingerprint density at radius 1 is 1.56 bits per heavy atom. The summed E-state index contributed by atoms with van der Waals surface area (Å²) in [6.07, 6.45) is 0. The van der Waals surface area contributed by atoms with Crippen LogP contribution in [0.2, 0.25) is 0 Å². The highest BCUT2D eigenvalue weighted by atomic mass is 127. The minimum atomic E-state index is -0.537. The molecule has 0 radical (unpaired) electrons. The van der Waals surface area contributed by atoms with Crippen LogP contribution in [0.5, 0.6) is 0 Å². The average molecular weight is 367 g/mol. The third-order valence-electron chi connectivity index (χ3n) is 2.62. The van der Waals surface area contributed by atoms with Crippen LogP contribution in [0.4, 0.5) is 15.8 Å². The van der Waals surface area contributed by atoms with Crippen LogP contribution < -0.4 is 11.1 Å². The number of nitro benzene ring substituents is 1. The van der Waals surface area contributed by atoms with Crippen LogP contribution in [0.1, 0.15) is 13.8 Å². The summed E-state index contributed by atoms with van der Waals surface area (Å²) in [6, 6.07) is 2.19. The van der Waals surface area contributed by atoms with Crippen molar-refractivity contribution in [2.75, 3.05) is 11.9 Å². The van der Waals surface area contributed by atoms with Crippen molar-refractivity contribution >= 4 is 34.0 Å². The summed E-state index contributed by atoms with van der Waals surface area (Å²) in [5.41, 5.74) is 5.85. The molecule has 0 heterocycles. The molecular formula is C11H15FIN3O2. The fraction of sp³-hybridized carbons (Fsp3) is 0.455. The van der Waals surface area contributed by atoms with Gasteiger partial charge in [-0.15, -0.1) is 0 Å². The van der Waals surface area contributed by atoms with Gasteiger partial charge in [-0.05, 0) is 28.5 Å². The number of rotatable bonds is 5. The van der Waals surface area contributed by atoms with E-state index in [1.165, 1.54) is 6.07 Å². The van der Waals surface area contributed by atoms with Crippen LogP contribution >= 0.6 is 22.6 Å². The molecule has 0 saturated carbocycles. The molecule has 0 bridgehead atoms. The maximum Gasteiger partial charge on any atom is 0.293 e. The molecule has 0 spiro atoms. The molecule has 0 aromatic heterocycles. The topological polar surface area (TPSA) is 81.2 Å². The third kappa shape index (κ3) is 3.77. The van der Waals surface area contributed by atoms with Gasteiger partial charge in [0.05, 0.1) is 8.49 Å². The number of nitrogens with one attached hydrogen (secondary N) is 1. The van der Waals surface area contributed by atoms with Gasteiger partial charge in [-0.2, -0.15) is 0 Å². The molecule has 3 N–H and O–H groups in total. The van der Waals surface area contributed by atoms with E-state index >= 15 is 0 Å². The predicted molar refractivity (Wildman–Crippen MR) is 77.1 cm³/mol. The molecule has 100 valence electrons. The van der Waals surface area contributed by atoms with E-state index in [0.717, 1.165) is 6.07 Å². The maximum absolute atomic E-state index is 13.4. The molecule has 1 unspecified atom stereocenters. The fourth-order valence-electron chi connectivity index (χ4n) is 1.29. The fourth-order valence-corrected chi connectivity index (χ4v) is 1.74. The van der Waals surface area contributed by atoms with Crippen molar-refractivity contribution < 1.29 is 9.31 Å². The number of anilines is 1. The van der Waals surface area contributed by atoms with Gasteiger partial charge < -0.3 is 11.1 Å². The van der Waals surface area contributed by atoms with Gasteiger partial charge in [0.1, 0.15) is 11.5 Å². The molecular weight excluding hydrogens is 352 g/mol. The zero-order valence-corrected chi connectivity index (χ0v) is 12.3. The molecule has 0 aliphatic carbocycles. The lowest BCUT2D eigenvalue weighted by molar-refractivity contribution is -0.384. The quantitative estimate of drug-likeness (QED) is 0.476. The average Bonchev–Trinajstić information content (AvgIpc) is 2.29. The number of halogens is 2. The lowest BCUT2D eigenvalue weighted by Gasteiger charge is -2.17. The van der Waals surface area contributed by atoms with E-state index in [9.17, 15) is 14.5 Å². The van der Waals surface area contributed by atoms with Gasteiger partial charge in [-0.25, -0.2) is 4.39 Å². The highest BCUT2D eigenvalue weighted by Gasteiger charge is 2.18. The van der Waals surface area contributed by atoms with Crippen LogP contribution in [-0.2, 0) is 0 Å². The Morgan fingerprint density at radius 2 is 2.17 bits per heavy atom. The minimum absolute atomic E-state index is 0.142. The van der Waals surface area contributed by atoms with Gasteiger partial charge in [-0.3, -0.25) is 10.1 Å². The Balaban J connectivity index is 2.93. The van der Waals surface area contributed by atoms with Gasteiger partial charge in [0.25, 0.3) is 5.69 Å². The molecule has 1 atom stereocenters. The number of hydrogen-bond donors (Lipinski definition) is 2. The van der Waals surface area contributed by atoms with E-state index in [2.05, 4.69) is 5.32 Å². The molecule has 18 heavy (non-hydrogen) atoms. The smallest absolute Gasteiger partial charge is 0.293 e. The lowest BCUT2D eigenvalue weighted by atomic mass is 10.1. The Bertz CT molecular complexity index is 454. The Morgan fingerprint density at radius 3 is 2.67 bits per heavy atom. The molecule has 1 rings (SSSR count). The van der Waals surface area contributed by atoms with Crippen molar-refractivity contribution in [1.82, 2.24) is 0 Å². The van der Waals surface area contributed by atoms with Crippen molar-refractivity contribution in [2.24, 2.45) is 11.7 Å². The van der Waals surface area contributed by atoms with E-state index in [1.54, 1.807) is 22.6 Å². The normalized spacial score (nSPS) is 12.6. The summed E-state index contributed by atoms with van der Waals surface area (Å²) in [5.74, 6) is -0.243. The first-order valence-electron chi connectivity index (χ1n) is 5.45. The lowest BCUT2D eigenvalue weighted by Crippen LogP contribution is -2.34. The van der Waals surface area contributed by atoms with Crippen molar-refractivity contribution in [3.8, 4) is 0 Å². The molecule has 0 aliphatic heterocycles. The highest BCUT2D eigenvalue weighted by Crippen LogP contribution is 2.28. The van der Waals surface area contributed by atoms with E-state index in [0.29, 0.717) is 6.54 Å². The van der Waals surface area contributed by atoms with Crippen LogP contribution in [0, 0.1) is 25.4 Å². The number of nitrogens with two attached hydrogens (primary N) is 1. The van der Waals surface area contributed by atoms with Gasteiger partial charge in [0.15, 0.2) is 0 Å². The Hall–Kier alpha value is -0.960. The summed E-state index contributed by atoms with van der Waals surface area (Å²) in [6.45, 7) is 4.27. The summed E-state index contributed by atoms with van der Waals surface area (Å²) < 4.78 is 13.6. The summed E-state index contributed by atoms with van der Waals surface area (Å²) >= 11 is 1.72. The van der Waals surface area contributed by atoms with Gasteiger partial charge in [-0.1, -0.05) is 13.8 Å². The largest absolute Gasteiger partial charge is 0.378 e. The first-order chi connectivity index (χ1) is 8.32. The van der Waals surface area contributed by atoms with Gasteiger partial charge in [0, 0.05) is 24.7 Å². The van der Waals surface area contributed by atoms with Gasteiger partial charge >= 0.3 is 0 Å². The number of hydrogen-bond acceptors (Lipinski definition) is 4. The summed E-state index contributed by atoms with van der Waals surface area (Å²) in [4.78, 5) is 10.3. The van der Waals surface area contributed by atoms with Crippen LogP contribution in [0.25, 0.3) is 0 Å². The Kier molecular flexibility index (Phi) is 5.27. The zero-order valence-electron chi connectivity index (χ0n) is 10.1. The first kappa shape index (κ1) is 15.1. The van der Waals surface area contributed by atoms with Crippen LogP contribution in [0.15, 0.2) is 12.1 Å². The first-order valence-corrected chi connectivity index (χ1v) is 6.53. The monoisotopic (exact) mass is 367 g/mol. The van der Waals surface area contributed by atoms with Crippen molar-refractivity contribution in [3.05, 3.63) is 31.6 Å². The van der Waals surface area contributed by atoms with Gasteiger partial charge in [0.2, 0.25) is 0 Å². The second-order valence-electron chi connectivity index (χ2n) is 4.33. The zero-order chi connectivity index (χ0) is 13.9. The highest BCUT2D eigenvalue weighted by molar-refractivity contribution is 14.1. The summed E-state index contributed by atoms with van der Waals surface area (Å²) in [5, 5.41) is 13.7. The van der Waals surface area contributed by atoms with E-state index in [-0.39, 0.29) is 26.9 Å². The molecule has 5 nitrogen and oxygen atoms in total. The predicted octanol–water partition coefficient (Wildman–Crippen LogP) is 2.73. The second kappa shape index (κ2) is 6.28. The molecule has 0 fully saturated rings. The standard InChI is InChI=1S/C11H15FIN3O2/c1-6(2)9(14)5-15-10-3-7(12)8(13)4-11(10)16(17)18/h3-4,6,9,15H,5,14H2,1-2H3. The maximum atomic E-state index is 13.4. The molecule has 7 heteroatoms. The van der Waals surface area contributed by atoms with E-state index < -0.39 is 10.7 Å². The van der Waals surface area contributed by atoms with Crippen LogP contribution in [0.3, 0.4) is 0 Å². The van der Waals surface area contributed by atoms with E-state index in [1.807, 2.05) is 13.8 Å². The van der Waals surface area contributed by atoms with Crippen molar-refractivity contribution in [1.29, 1.82) is 0 Å². The second-order valence-corrected chi connectivity index (χ2v) is 5.49. The molecule has 1 aromatic rings. The Labute approximate surface area is 118 Å². The van der Waals surface area contributed by atoms with Crippen molar-refractivity contribution in [3.63, 3.8) is 0 Å². The third-order valence-corrected chi connectivity index (χ3v) is 3.45.